The van der Waals surface area contributed by atoms with Crippen molar-refractivity contribution in [1.29, 1.82) is 0 Å². The molecule has 2 aromatic rings. The molecule has 21 heavy (non-hydrogen) atoms. The van der Waals surface area contributed by atoms with Crippen molar-refractivity contribution in [2.75, 3.05) is 18.1 Å². The van der Waals surface area contributed by atoms with Gasteiger partial charge in [0, 0.05) is 24.7 Å². The minimum atomic E-state index is -0.357. The maximum atomic E-state index is 12.9. The number of carbonyl (C=O) groups excluding carboxylic acids is 1. The Kier molecular flexibility index (Phi) is 7.84. The topological polar surface area (TPSA) is 54.9 Å². The Hall–Kier alpha value is -0.990. The van der Waals surface area contributed by atoms with Gasteiger partial charge in [-0.2, -0.15) is 12.6 Å². The summed E-state index contributed by atoms with van der Waals surface area (Å²) >= 11 is 8.63. The molecule has 0 spiro atoms. The fourth-order valence-electron chi connectivity index (χ4n) is 1.15. The van der Waals surface area contributed by atoms with Crippen molar-refractivity contribution < 1.29 is 9.18 Å². The molecule has 1 atom stereocenters. The number of carbonyl (C=O) groups is 1. The molecule has 0 amide bonds. The molecule has 1 N–H and O–H groups in total. The lowest BCUT2D eigenvalue weighted by atomic mass is 10.3. The maximum absolute atomic E-state index is 12.9. The average Bonchev–Trinajstić information content (AvgIpc) is 2.88. The van der Waals surface area contributed by atoms with Crippen LogP contribution in [0.25, 0.3) is 10.6 Å². The summed E-state index contributed by atoms with van der Waals surface area (Å²) < 4.78 is 13.7. The average molecular weight is 392 g/mol. The molecule has 2 aromatic heterocycles. The van der Waals surface area contributed by atoms with E-state index >= 15 is 0 Å². The van der Waals surface area contributed by atoms with Crippen LogP contribution in [0.4, 0.5) is 9.39 Å². The molecule has 0 aromatic carbocycles. The number of aromatic nitrogens is 2. The van der Waals surface area contributed by atoms with Gasteiger partial charge in [0.1, 0.15) is 26.7 Å². The summed E-state index contributed by atoms with van der Waals surface area (Å²) in [7, 11) is 1.81. The van der Waals surface area contributed by atoms with Crippen LogP contribution in [0.15, 0.2) is 23.1 Å². The summed E-state index contributed by atoms with van der Waals surface area (Å²) in [5, 5.41) is 4.64. The van der Waals surface area contributed by atoms with E-state index in [0.29, 0.717) is 11.3 Å². The monoisotopic (exact) mass is 391 g/mol. The van der Waals surface area contributed by atoms with E-state index in [2.05, 4.69) is 43.8 Å². The molecule has 4 nitrogen and oxygen atoms in total. The Balaban J connectivity index is 0.000000315. The van der Waals surface area contributed by atoms with Gasteiger partial charge in [-0.05, 0) is 27.7 Å². The van der Waals surface area contributed by atoms with Crippen LogP contribution >= 0.6 is 39.9 Å². The number of hydrogen-bond acceptors (Lipinski definition) is 6. The second-order valence-corrected chi connectivity index (χ2v) is 6.19. The number of thiol groups is 1. The molecule has 0 saturated carbocycles. The third-order valence-corrected chi connectivity index (χ3v) is 4.82. The van der Waals surface area contributed by atoms with Crippen LogP contribution in [0.1, 0.15) is 6.92 Å². The van der Waals surface area contributed by atoms with E-state index in [9.17, 15) is 9.18 Å². The molecular weight excluding hydrogens is 377 g/mol. The number of pyridine rings is 1. The number of thiazole rings is 1. The van der Waals surface area contributed by atoms with Gasteiger partial charge in [0.15, 0.2) is 0 Å². The Morgan fingerprint density at radius 2 is 2.29 bits per heavy atom. The molecule has 0 aliphatic heterocycles. The van der Waals surface area contributed by atoms with Gasteiger partial charge >= 0.3 is 0 Å². The molecule has 0 aliphatic carbocycles. The summed E-state index contributed by atoms with van der Waals surface area (Å²) in [5.74, 6) is 0.418. The highest BCUT2D eigenvalue weighted by molar-refractivity contribution is 9.10. The maximum Gasteiger partial charge on any atom is 0.142 e. The zero-order valence-corrected chi connectivity index (χ0v) is 14.8. The number of anilines is 1. The SMILES string of the molecule is CC(C=O)CS.CNc1sc(-c2cncc(F)c2)nc1Br. The number of hydrogen-bond donors (Lipinski definition) is 2. The van der Waals surface area contributed by atoms with E-state index in [1.54, 1.807) is 6.20 Å². The first kappa shape index (κ1) is 18.1. The molecule has 0 saturated heterocycles. The van der Waals surface area contributed by atoms with Crippen LogP contribution in [0.5, 0.6) is 0 Å². The third-order valence-electron chi connectivity index (χ3n) is 2.28. The molecule has 1 unspecified atom stereocenters. The third kappa shape index (κ3) is 5.72. The number of aldehydes is 1. The lowest BCUT2D eigenvalue weighted by Crippen LogP contribution is -1.94. The first-order chi connectivity index (χ1) is 10.0. The van der Waals surface area contributed by atoms with Gasteiger partial charge in [-0.1, -0.05) is 18.3 Å². The number of halogens is 2. The van der Waals surface area contributed by atoms with Gasteiger partial charge in [-0.15, -0.1) is 0 Å². The van der Waals surface area contributed by atoms with Gasteiger partial charge in [0.05, 0.1) is 6.20 Å². The summed E-state index contributed by atoms with van der Waals surface area (Å²) in [6, 6.07) is 1.41. The van der Waals surface area contributed by atoms with Crippen LogP contribution < -0.4 is 5.32 Å². The number of nitrogens with one attached hydrogen (secondary N) is 1. The minimum Gasteiger partial charge on any atom is -0.378 e. The predicted molar refractivity (Wildman–Crippen MR) is 91.6 cm³/mol. The Morgan fingerprint density at radius 3 is 2.71 bits per heavy atom. The standard InChI is InChI=1S/C9H7BrFN3S.C4H8OS/c1-12-9-7(10)14-8(15-9)5-2-6(11)4-13-3-5;1-4(2-5)3-6/h2-4,12H,1H3;2,4,6H,3H2,1H3. The molecule has 2 rings (SSSR count). The van der Waals surface area contributed by atoms with Crippen LogP contribution in [-0.2, 0) is 4.79 Å². The first-order valence-corrected chi connectivity index (χ1v) is 8.27. The van der Waals surface area contributed by atoms with Crippen molar-refractivity contribution in [3.05, 3.63) is 28.9 Å². The van der Waals surface area contributed by atoms with Crippen molar-refractivity contribution in [3.63, 3.8) is 0 Å². The second-order valence-electron chi connectivity index (χ2n) is 4.08. The smallest absolute Gasteiger partial charge is 0.142 e. The Labute approximate surface area is 140 Å². The summed E-state index contributed by atoms with van der Waals surface area (Å²) in [4.78, 5) is 17.7. The fourth-order valence-corrected chi connectivity index (χ4v) is 2.76. The fraction of sp³-hybridized carbons (Fsp3) is 0.308. The van der Waals surface area contributed by atoms with Gasteiger partial charge in [0.2, 0.25) is 0 Å². The predicted octanol–water partition coefficient (Wildman–Crippen LogP) is 3.90. The Morgan fingerprint density at radius 1 is 1.57 bits per heavy atom. The van der Waals surface area contributed by atoms with E-state index in [1.165, 1.54) is 23.6 Å². The molecule has 0 fully saturated rings. The molecule has 0 bridgehead atoms. The summed E-state index contributed by atoms with van der Waals surface area (Å²) in [6.45, 7) is 1.83. The van der Waals surface area contributed by atoms with Crippen LogP contribution in [0.3, 0.4) is 0 Å². The minimum absolute atomic E-state index is 0.119. The lowest BCUT2D eigenvalue weighted by molar-refractivity contribution is -0.110. The Bertz CT molecular complexity index is 595. The summed E-state index contributed by atoms with van der Waals surface area (Å²) in [6.07, 6.45) is 3.66. The highest BCUT2D eigenvalue weighted by atomic mass is 79.9. The highest BCUT2D eigenvalue weighted by Gasteiger charge is 2.09. The van der Waals surface area contributed by atoms with Crippen molar-refractivity contribution in [2.24, 2.45) is 5.92 Å². The molecule has 2 heterocycles. The van der Waals surface area contributed by atoms with Crippen LogP contribution in [-0.4, -0.2) is 29.1 Å². The quantitative estimate of drug-likeness (QED) is 0.612. The normalized spacial score (nSPS) is 11.3. The zero-order valence-electron chi connectivity index (χ0n) is 11.5. The highest BCUT2D eigenvalue weighted by Crippen LogP contribution is 2.34. The number of nitrogens with zero attached hydrogens (tertiary/aromatic N) is 2. The largest absolute Gasteiger partial charge is 0.378 e. The second kappa shape index (κ2) is 9.11. The zero-order chi connectivity index (χ0) is 15.8. The van der Waals surface area contributed by atoms with Gasteiger partial charge in [-0.3, -0.25) is 4.98 Å². The van der Waals surface area contributed by atoms with Gasteiger partial charge < -0.3 is 10.1 Å². The van der Waals surface area contributed by atoms with Crippen molar-refractivity contribution in [2.45, 2.75) is 6.92 Å². The van der Waals surface area contributed by atoms with E-state index < -0.39 is 0 Å². The summed E-state index contributed by atoms with van der Waals surface area (Å²) in [5.41, 5.74) is 0.683. The molecule has 0 aliphatic rings. The van der Waals surface area contributed by atoms with E-state index in [4.69, 9.17) is 0 Å². The van der Waals surface area contributed by atoms with Crippen LogP contribution in [0.2, 0.25) is 0 Å². The van der Waals surface area contributed by atoms with Crippen molar-refractivity contribution in [1.82, 2.24) is 9.97 Å². The van der Waals surface area contributed by atoms with Crippen molar-refractivity contribution >= 4 is 51.2 Å². The van der Waals surface area contributed by atoms with E-state index in [-0.39, 0.29) is 11.7 Å². The van der Waals surface area contributed by atoms with E-state index in [1.807, 2.05) is 14.0 Å². The van der Waals surface area contributed by atoms with Gasteiger partial charge in [0.25, 0.3) is 0 Å². The number of rotatable bonds is 4. The van der Waals surface area contributed by atoms with Crippen molar-refractivity contribution in [3.8, 4) is 10.6 Å². The lowest BCUT2D eigenvalue weighted by Gasteiger charge is -1.94. The molecule has 8 heteroatoms. The first-order valence-electron chi connectivity index (χ1n) is 6.03. The van der Waals surface area contributed by atoms with Crippen LogP contribution in [0, 0.1) is 11.7 Å². The molecule has 114 valence electrons. The molecule has 0 radical (unpaired) electrons. The van der Waals surface area contributed by atoms with E-state index in [0.717, 1.165) is 20.9 Å². The van der Waals surface area contributed by atoms with Gasteiger partial charge in [-0.25, -0.2) is 9.37 Å². The molecular formula is C13H15BrFN3OS2.